The van der Waals surface area contributed by atoms with E-state index < -0.39 is 60.1 Å². The van der Waals surface area contributed by atoms with Gasteiger partial charge in [-0.05, 0) is 86.3 Å². The van der Waals surface area contributed by atoms with E-state index >= 15 is 0 Å². The molecular weight excluding hydrogens is 551 g/mol. The summed E-state index contributed by atoms with van der Waals surface area (Å²) in [4.78, 5) is 70.0. The smallest absolute Gasteiger partial charge is 0.310 e. The molecule has 5 aliphatic rings. The van der Waals surface area contributed by atoms with Crippen LogP contribution in [0.3, 0.4) is 0 Å². The van der Waals surface area contributed by atoms with Crippen molar-refractivity contribution < 1.29 is 33.5 Å². The normalized spacial score (nSPS) is 30.0. The van der Waals surface area contributed by atoms with Gasteiger partial charge in [-0.2, -0.15) is 0 Å². The number of rotatable bonds is 7. The summed E-state index contributed by atoms with van der Waals surface area (Å²) in [7, 11) is 0. The SMILES string of the molecule is CC(=O)N1[C@H](C(=O)CC(=O)O)CC(=O)c2ccccc2N(Cc2ccccc2F)C(=O)[C@@H]1CC12CC3CC(CC(C3)C1)C2. The standard InChI is InChI=1S/C34H37FN2O6/c1-20(38)37-28(31(40)14-32(41)42)13-30(39)25-7-3-5-9-27(25)36(19-24-6-2-4-8-26(24)35)33(43)29(37)18-34-15-21-10-22(16-34)12-23(11-21)17-34/h2-9,21-23,28-29H,10-19H2,1H3,(H,41,42)/t21?,22?,23?,28-,29-,34?/m0/s1. The van der Waals surface area contributed by atoms with E-state index in [-0.39, 0.29) is 28.8 Å². The molecule has 0 radical (unpaired) electrons. The van der Waals surface area contributed by atoms with Gasteiger partial charge >= 0.3 is 5.97 Å². The van der Waals surface area contributed by atoms with Crippen LogP contribution in [0.2, 0.25) is 0 Å². The van der Waals surface area contributed by atoms with Gasteiger partial charge in [0.25, 0.3) is 0 Å². The van der Waals surface area contributed by atoms with Crippen molar-refractivity contribution in [3.8, 4) is 0 Å². The zero-order valence-electron chi connectivity index (χ0n) is 24.3. The maximum Gasteiger partial charge on any atom is 0.310 e. The van der Waals surface area contributed by atoms with Gasteiger partial charge < -0.3 is 14.9 Å². The van der Waals surface area contributed by atoms with Crippen LogP contribution in [0.25, 0.3) is 0 Å². The quantitative estimate of drug-likeness (QED) is 0.446. The number of benzene rings is 2. The molecule has 0 aromatic heterocycles. The van der Waals surface area contributed by atoms with E-state index in [1.807, 2.05) is 0 Å². The van der Waals surface area contributed by atoms with Crippen LogP contribution in [0.5, 0.6) is 0 Å². The van der Waals surface area contributed by atoms with Crippen molar-refractivity contribution in [2.45, 2.75) is 83.3 Å². The van der Waals surface area contributed by atoms with E-state index in [0.29, 0.717) is 24.2 Å². The highest BCUT2D eigenvalue weighted by Gasteiger charge is 2.54. The molecule has 4 bridgehead atoms. The Morgan fingerprint density at radius 3 is 2.14 bits per heavy atom. The van der Waals surface area contributed by atoms with E-state index in [1.54, 1.807) is 42.5 Å². The van der Waals surface area contributed by atoms with Crippen molar-refractivity contribution in [2.75, 3.05) is 4.90 Å². The van der Waals surface area contributed by atoms with Gasteiger partial charge in [0.1, 0.15) is 18.3 Å². The van der Waals surface area contributed by atoms with Crippen LogP contribution in [0, 0.1) is 29.0 Å². The molecular formula is C34H37FN2O6. The van der Waals surface area contributed by atoms with Crippen LogP contribution < -0.4 is 4.90 Å². The molecule has 43 heavy (non-hydrogen) atoms. The zero-order valence-corrected chi connectivity index (χ0v) is 24.3. The predicted molar refractivity (Wildman–Crippen MR) is 156 cm³/mol. The molecule has 4 saturated carbocycles. The van der Waals surface area contributed by atoms with Gasteiger partial charge in [0.05, 0.1) is 18.3 Å². The van der Waals surface area contributed by atoms with Crippen molar-refractivity contribution >= 4 is 35.0 Å². The lowest BCUT2D eigenvalue weighted by molar-refractivity contribution is -0.151. The summed E-state index contributed by atoms with van der Waals surface area (Å²) in [5, 5.41) is 9.49. The number of anilines is 1. The van der Waals surface area contributed by atoms with Gasteiger partial charge in [-0.1, -0.05) is 30.3 Å². The summed E-state index contributed by atoms with van der Waals surface area (Å²) in [6.45, 7) is 1.09. The molecule has 1 heterocycles. The molecule has 7 rings (SSSR count). The number of hydrogen-bond acceptors (Lipinski definition) is 5. The number of ketones is 2. The summed E-state index contributed by atoms with van der Waals surface area (Å²) in [5.74, 6) is -2.55. The summed E-state index contributed by atoms with van der Waals surface area (Å²) < 4.78 is 15.0. The second kappa shape index (κ2) is 11.3. The Balaban J connectivity index is 1.50. The highest BCUT2D eigenvalue weighted by molar-refractivity contribution is 6.11. The summed E-state index contributed by atoms with van der Waals surface area (Å²) in [6, 6.07) is 10.1. The molecule has 0 saturated heterocycles. The van der Waals surface area contributed by atoms with Crippen molar-refractivity contribution in [3.05, 3.63) is 65.5 Å². The fraction of sp³-hybridized carbons (Fsp3) is 0.500. The van der Waals surface area contributed by atoms with Crippen molar-refractivity contribution in [3.63, 3.8) is 0 Å². The van der Waals surface area contributed by atoms with Gasteiger partial charge in [0, 0.05) is 24.5 Å². The van der Waals surface area contributed by atoms with E-state index in [1.165, 1.54) is 42.1 Å². The van der Waals surface area contributed by atoms with Crippen molar-refractivity contribution in [2.24, 2.45) is 23.2 Å². The number of aliphatic carboxylic acids is 1. The molecule has 8 nitrogen and oxygen atoms in total. The third-order valence-corrected chi connectivity index (χ3v) is 10.2. The van der Waals surface area contributed by atoms with E-state index in [2.05, 4.69) is 0 Å². The Morgan fingerprint density at radius 1 is 0.930 bits per heavy atom. The number of nitrogens with zero attached hydrogens (tertiary/aromatic N) is 2. The highest BCUT2D eigenvalue weighted by atomic mass is 19.1. The molecule has 2 atom stereocenters. The Hall–Kier alpha value is -3.88. The minimum absolute atomic E-state index is 0.166. The number of amides is 2. The number of hydrogen-bond donors (Lipinski definition) is 1. The second-order valence-corrected chi connectivity index (χ2v) is 13.3. The van der Waals surface area contributed by atoms with Gasteiger partial charge in [0.2, 0.25) is 11.8 Å². The van der Waals surface area contributed by atoms with Gasteiger partial charge in [-0.25, -0.2) is 4.39 Å². The lowest BCUT2D eigenvalue weighted by Crippen LogP contribution is -2.59. The average Bonchev–Trinajstić information content (AvgIpc) is 2.97. The van der Waals surface area contributed by atoms with Crippen molar-refractivity contribution in [1.82, 2.24) is 4.90 Å². The fourth-order valence-corrected chi connectivity index (χ4v) is 9.03. The monoisotopic (exact) mass is 588 g/mol. The third-order valence-electron chi connectivity index (χ3n) is 10.2. The molecule has 9 heteroatoms. The molecule has 226 valence electrons. The third kappa shape index (κ3) is 5.61. The largest absolute Gasteiger partial charge is 0.481 e. The number of fused-ring (bicyclic) bond motifs is 1. The molecule has 0 spiro atoms. The summed E-state index contributed by atoms with van der Waals surface area (Å²) in [6.07, 6.45) is 5.33. The molecule has 4 fully saturated rings. The minimum Gasteiger partial charge on any atom is -0.481 e. The second-order valence-electron chi connectivity index (χ2n) is 13.3. The van der Waals surface area contributed by atoms with Crippen LogP contribution >= 0.6 is 0 Å². The minimum atomic E-state index is -1.41. The average molecular weight is 589 g/mol. The lowest BCUT2D eigenvalue weighted by Gasteiger charge is -2.58. The molecule has 1 aliphatic heterocycles. The van der Waals surface area contributed by atoms with Crippen molar-refractivity contribution in [1.29, 1.82) is 0 Å². The zero-order chi connectivity index (χ0) is 30.5. The number of Topliss-reactive ketones (excluding diaryl/α,β-unsaturated/α-hetero) is 2. The van der Waals surface area contributed by atoms with Crippen LogP contribution in [-0.2, 0) is 25.7 Å². The first-order chi connectivity index (χ1) is 20.5. The maximum atomic E-state index is 15.0. The summed E-state index contributed by atoms with van der Waals surface area (Å²) in [5.41, 5.74) is 0.494. The van der Waals surface area contributed by atoms with Crippen LogP contribution in [0.4, 0.5) is 10.1 Å². The van der Waals surface area contributed by atoms with Gasteiger partial charge in [-0.15, -0.1) is 0 Å². The number of para-hydroxylation sites is 1. The number of carboxylic acids is 1. The lowest BCUT2D eigenvalue weighted by atomic mass is 9.48. The van der Waals surface area contributed by atoms with Gasteiger partial charge in [0.15, 0.2) is 11.6 Å². The highest BCUT2D eigenvalue weighted by Crippen LogP contribution is 2.62. The molecule has 1 N–H and O–H groups in total. The predicted octanol–water partition coefficient (Wildman–Crippen LogP) is 5.18. The Morgan fingerprint density at radius 2 is 1.53 bits per heavy atom. The number of halogens is 1. The fourth-order valence-electron chi connectivity index (χ4n) is 9.03. The Bertz CT molecular complexity index is 1450. The molecule has 2 aromatic carbocycles. The molecule has 0 unspecified atom stereocenters. The number of carbonyl (C=O) groups excluding carboxylic acids is 4. The molecule has 2 aromatic rings. The molecule has 2 amide bonds. The van der Waals surface area contributed by atoms with Gasteiger partial charge in [-0.3, -0.25) is 24.0 Å². The first-order valence-corrected chi connectivity index (χ1v) is 15.2. The number of carbonyl (C=O) groups is 5. The Kier molecular flexibility index (Phi) is 7.69. The first-order valence-electron chi connectivity index (χ1n) is 15.2. The first kappa shape index (κ1) is 29.2. The van der Waals surface area contributed by atoms with Crippen LogP contribution in [-0.4, -0.2) is 51.4 Å². The van der Waals surface area contributed by atoms with E-state index in [4.69, 9.17) is 0 Å². The van der Waals surface area contributed by atoms with Crippen LogP contribution in [0.1, 0.15) is 80.6 Å². The summed E-state index contributed by atoms with van der Waals surface area (Å²) >= 11 is 0. The number of carboxylic acid groups (broad SMARTS) is 1. The van der Waals surface area contributed by atoms with Crippen LogP contribution in [0.15, 0.2) is 48.5 Å². The van der Waals surface area contributed by atoms with E-state index in [0.717, 1.165) is 19.3 Å². The maximum absolute atomic E-state index is 15.0. The van der Waals surface area contributed by atoms with E-state index in [9.17, 15) is 33.5 Å². The molecule has 4 aliphatic carbocycles. The Labute approximate surface area is 250 Å². The topological polar surface area (TPSA) is 112 Å².